The average Bonchev–Trinajstić information content (AvgIpc) is 1.85. The highest BCUT2D eigenvalue weighted by atomic mass is 16.4. The lowest BCUT2D eigenvalue weighted by Gasteiger charge is -2.13. The first-order valence-corrected chi connectivity index (χ1v) is 3.25. The lowest BCUT2D eigenvalue weighted by molar-refractivity contribution is -0.143. The number of aliphatic carboxylic acids is 1. The zero-order valence-electron chi connectivity index (χ0n) is 5.78. The first-order valence-electron chi connectivity index (χ1n) is 3.25. The number of hydrogen-bond donors (Lipinski definition) is 2. The van der Waals surface area contributed by atoms with Gasteiger partial charge in [-0.3, -0.25) is 9.59 Å². The highest BCUT2D eigenvalue weighted by molar-refractivity contribution is 5.94. The molecule has 0 bridgehead atoms. The molecule has 11 heavy (non-hydrogen) atoms. The van der Waals surface area contributed by atoms with E-state index in [-0.39, 0.29) is 24.4 Å². The molecule has 0 aliphatic heterocycles. The van der Waals surface area contributed by atoms with Gasteiger partial charge in [-0.15, -0.1) is 0 Å². The Kier molecular flexibility index (Phi) is 1.94. The van der Waals surface area contributed by atoms with Gasteiger partial charge in [0.05, 0.1) is 11.7 Å². The van der Waals surface area contributed by atoms with Gasteiger partial charge >= 0.3 is 5.97 Å². The second-order valence-electron chi connectivity index (χ2n) is 2.55. The molecule has 4 nitrogen and oxygen atoms in total. The van der Waals surface area contributed by atoms with E-state index in [9.17, 15) is 9.59 Å². The Labute approximate surface area is 63.1 Å². The number of hydrogen-bond acceptors (Lipinski definition) is 3. The molecule has 0 amide bonds. The molecule has 1 rings (SSSR count). The Bertz CT molecular complexity index is 229. The monoisotopic (exact) mass is 156 g/mol. The molecule has 0 radical (unpaired) electrons. The molecular formula is C7H8O4. The number of rotatable bonds is 1. The standard InChI is InChI=1S/C7H8O4/c8-5-1-4(7(10)11)2-6(9)3-5/h3-4,8H,1-2H2,(H,10,11)/t4-/m1/s1. The molecular weight excluding hydrogens is 148 g/mol. The maximum absolute atomic E-state index is 10.7. The molecule has 2 N–H and O–H groups in total. The van der Waals surface area contributed by atoms with Crippen LogP contribution in [0, 0.1) is 5.92 Å². The third-order valence-corrected chi connectivity index (χ3v) is 1.58. The van der Waals surface area contributed by atoms with E-state index in [2.05, 4.69) is 0 Å². The molecule has 1 aliphatic rings. The van der Waals surface area contributed by atoms with Gasteiger partial charge in [0, 0.05) is 18.9 Å². The minimum Gasteiger partial charge on any atom is -0.512 e. The topological polar surface area (TPSA) is 74.6 Å². The van der Waals surface area contributed by atoms with E-state index >= 15 is 0 Å². The fourth-order valence-corrected chi connectivity index (χ4v) is 1.05. The summed E-state index contributed by atoms with van der Waals surface area (Å²) in [4.78, 5) is 21.0. The molecule has 0 aromatic rings. The van der Waals surface area contributed by atoms with E-state index in [0.717, 1.165) is 6.08 Å². The molecule has 1 atom stereocenters. The molecule has 0 unspecified atom stereocenters. The molecule has 0 heterocycles. The summed E-state index contributed by atoms with van der Waals surface area (Å²) < 4.78 is 0. The van der Waals surface area contributed by atoms with Crippen molar-refractivity contribution in [1.82, 2.24) is 0 Å². The van der Waals surface area contributed by atoms with Gasteiger partial charge in [-0.25, -0.2) is 0 Å². The van der Waals surface area contributed by atoms with E-state index in [4.69, 9.17) is 10.2 Å². The summed E-state index contributed by atoms with van der Waals surface area (Å²) in [5, 5.41) is 17.4. The van der Waals surface area contributed by atoms with Crippen LogP contribution in [0.15, 0.2) is 11.8 Å². The Morgan fingerprint density at radius 1 is 1.55 bits per heavy atom. The highest BCUT2D eigenvalue weighted by Crippen LogP contribution is 2.19. The Morgan fingerprint density at radius 2 is 2.18 bits per heavy atom. The van der Waals surface area contributed by atoms with Gasteiger partial charge in [0.25, 0.3) is 0 Å². The second-order valence-corrected chi connectivity index (χ2v) is 2.55. The van der Waals surface area contributed by atoms with E-state index in [0.29, 0.717) is 0 Å². The van der Waals surface area contributed by atoms with E-state index in [1.54, 1.807) is 0 Å². The fourth-order valence-electron chi connectivity index (χ4n) is 1.05. The summed E-state index contributed by atoms with van der Waals surface area (Å²) in [6, 6.07) is 0. The van der Waals surface area contributed by atoms with Crippen LogP contribution in [0.5, 0.6) is 0 Å². The Balaban J connectivity index is 2.72. The zero-order valence-corrected chi connectivity index (χ0v) is 5.78. The summed E-state index contributed by atoms with van der Waals surface area (Å²) in [7, 11) is 0. The number of aliphatic hydroxyl groups excluding tert-OH is 1. The predicted octanol–water partition coefficient (Wildman–Crippen LogP) is 0.492. The van der Waals surface area contributed by atoms with Crippen LogP contribution in [0.2, 0.25) is 0 Å². The van der Waals surface area contributed by atoms with Crippen LogP contribution in [-0.2, 0) is 9.59 Å². The van der Waals surface area contributed by atoms with Crippen LogP contribution in [0.25, 0.3) is 0 Å². The van der Waals surface area contributed by atoms with Crippen LogP contribution in [-0.4, -0.2) is 22.0 Å². The SMILES string of the molecule is O=C1C=C(O)C[C@@H](C(=O)O)C1. The molecule has 0 aromatic heterocycles. The Morgan fingerprint density at radius 3 is 2.64 bits per heavy atom. The molecule has 4 heteroatoms. The van der Waals surface area contributed by atoms with Gasteiger partial charge in [0.15, 0.2) is 5.78 Å². The van der Waals surface area contributed by atoms with Crippen molar-refractivity contribution in [2.24, 2.45) is 5.92 Å². The van der Waals surface area contributed by atoms with Crippen LogP contribution >= 0.6 is 0 Å². The second kappa shape index (κ2) is 2.74. The van der Waals surface area contributed by atoms with Crippen LogP contribution < -0.4 is 0 Å². The van der Waals surface area contributed by atoms with Crippen molar-refractivity contribution < 1.29 is 19.8 Å². The number of aliphatic hydroxyl groups is 1. The number of allylic oxidation sites excluding steroid dienone is 2. The van der Waals surface area contributed by atoms with Crippen LogP contribution in [0.4, 0.5) is 0 Å². The van der Waals surface area contributed by atoms with Gasteiger partial charge in [-0.2, -0.15) is 0 Å². The largest absolute Gasteiger partial charge is 0.512 e. The molecule has 60 valence electrons. The first-order chi connectivity index (χ1) is 5.09. The first kappa shape index (κ1) is 7.78. The number of carbonyl (C=O) groups excluding carboxylic acids is 1. The maximum atomic E-state index is 10.7. The third kappa shape index (κ3) is 1.80. The molecule has 0 saturated heterocycles. The smallest absolute Gasteiger partial charge is 0.307 e. The van der Waals surface area contributed by atoms with Gasteiger partial charge in [0.2, 0.25) is 0 Å². The maximum Gasteiger partial charge on any atom is 0.307 e. The normalized spacial score (nSPS) is 24.5. The van der Waals surface area contributed by atoms with E-state index < -0.39 is 11.9 Å². The number of ketones is 1. The van der Waals surface area contributed by atoms with Crippen LogP contribution in [0.1, 0.15) is 12.8 Å². The molecule has 0 saturated carbocycles. The van der Waals surface area contributed by atoms with Crippen molar-refractivity contribution in [2.75, 3.05) is 0 Å². The summed E-state index contributed by atoms with van der Waals surface area (Å²) in [6.07, 6.45) is 1.15. The van der Waals surface area contributed by atoms with Crippen molar-refractivity contribution in [1.29, 1.82) is 0 Å². The number of carbonyl (C=O) groups is 2. The molecule has 0 aromatic carbocycles. The van der Waals surface area contributed by atoms with E-state index in [1.807, 2.05) is 0 Å². The van der Waals surface area contributed by atoms with Crippen LogP contribution in [0.3, 0.4) is 0 Å². The fraction of sp³-hybridized carbons (Fsp3) is 0.429. The lowest BCUT2D eigenvalue weighted by atomic mass is 9.92. The number of carboxylic acids is 1. The lowest BCUT2D eigenvalue weighted by Crippen LogP contribution is -2.21. The zero-order chi connectivity index (χ0) is 8.43. The van der Waals surface area contributed by atoms with Gasteiger partial charge in [-0.05, 0) is 0 Å². The van der Waals surface area contributed by atoms with Gasteiger partial charge in [-0.1, -0.05) is 0 Å². The average molecular weight is 156 g/mol. The summed E-state index contributed by atoms with van der Waals surface area (Å²) in [6.45, 7) is 0. The van der Waals surface area contributed by atoms with Crippen molar-refractivity contribution in [3.05, 3.63) is 11.8 Å². The van der Waals surface area contributed by atoms with Crippen molar-refractivity contribution in [3.8, 4) is 0 Å². The van der Waals surface area contributed by atoms with Crippen molar-refractivity contribution >= 4 is 11.8 Å². The highest BCUT2D eigenvalue weighted by Gasteiger charge is 2.25. The van der Waals surface area contributed by atoms with Crippen molar-refractivity contribution in [2.45, 2.75) is 12.8 Å². The van der Waals surface area contributed by atoms with Gasteiger partial charge < -0.3 is 10.2 Å². The summed E-state index contributed by atoms with van der Waals surface area (Å²) in [5.74, 6) is -2.22. The molecule has 0 spiro atoms. The minimum atomic E-state index is -1.03. The molecule has 1 aliphatic carbocycles. The minimum absolute atomic E-state index is 0.000602. The van der Waals surface area contributed by atoms with E-state index in [1.165, 1.54) is 0 Å². The van der Waals surface area contributed by atoms with Crippen molar-refractivity contribution in [3.63, 3.8) is 0 Å². The predicted molar refractivity (Wildman–Crippen MR) is 36.1 cm³/mol. The van der Waals surface area contributed by atoms with Gasteiger partial charge in [0.1, 0.15) is 0 Å². The third-order valence-electron chi connectivity index (χ3n) is 1.58. The quantitative estimate of drug-likeness (QED) is 0.579. The Hall–Kier alpha value is -1.32. The summed E-state index contributed by atoms with van der Waals surface area (Å²) >= 11 is 0. The molecule has 0 fully saturated rings. The number of carboxylic acid groups (broad SMARTS) is 1. The summed E-state index contributed by atoms with van der Waals surface area (Å²) in [5.41, 5.74) is 0.